The van der Waals surface area contributed by atoms with Crippen LogP contribution in [0.5, 0.6) is 0 Å². The normalized spacial score (nSPS) is 24.3. The molecular formula is C30H30N2O. The van der Waals surface area contributed by atoms with Gasteiger partial charge in [0.2, 0.25) is 0 Å². The second-order valence-corrected chi connectivity index (χ2v) is 10.6. The molecule has 0 radical (unpaired) electrons. The van der Waals surface area contributed by atoms with Gasteiger partial charge in [-0.05, 0) is 64.3 Å². The zero-order chi connectivity index (χ0) is 22.8. The van der Waals surface area contributed by atoms with Gasteiger partial charge in [-0.15, -0.1) is 0 Å². The fourth-order valence-electron chi connectivity index (χ4n) is 6.41. The van der Waals surface area contributed by atoms with Gasteiger partial charge in [-0.1, -0.05) is 69.3 Å². The molecule has 3 aromatic carbocycles. The Bertz CT molecular complexity index is 1290. The fourth-order valence-corrected chi connectivity index (χ4v) is 6.41. The van der Waals surface area contributed by atoms with Crippen LogP contribution < -0.4 is 0 Å². The third-order valence-corrected chi connectivity index (χ3v) is 8.83. The van der Waals surface area contributed by atoms with E-state index in [2.05, 4.69) is 85.3 Å². The number of rotatable bonds is 2. The van der Waals surface area contributed by atoms with Gasteiger partial charge in [0, 0.05) is 36.2 Å². The van der Waals surface area contributed by atoms with Gasteiger partial charge in [-0.2, -0.15) is 0 Å². The lowest BCUT2D eigenvalue weighted by atomic mass is 9.51. The largest absolute Gasteiger partial charge is 0.335 e. The molecule has 1 saturated heterocycles. The monoisotopic (exact) mass is 434 g/mol. The summed E-state index contributed by atoms with van der Waals surface area (Å²) in [6.45, 7) is 7.94. The highest BCUT2D eigenvalue weighted by Crippen LogP contribution is 2.56. The summed E-state index contributed by atoms with van der Waals surface area (Å²) >= 11 is 0. The highest BCUT2D eigenvalue weighted by atomic mass is 16.2. The van der Waals surface area contributed by atoms with Gasteiger partial charge in [0.15, 0.2) is 0 Å². The van der Waals surface area contributed by atoms with Crippen LogP contribution in [0.1, 0.15) is 54.2 Å². The zero-order valence-corrected chi connectivity index (χ0v) is 19.6. The first-order valence-electron chi connectivity index (χ1n) is 12.0. The highest BCUT2D eigenvalue weighted by Gasteiger charge is 2.56. The minimum atomic E-state index is -0.0119. The van der Waals surface area contributed by atoms with E-state index in [1.807, 2.05) is 18.3 Å². The summed E-state index contributed by atoms with van der Waals surface area (Å²) in [7, 11) is 0. The maximum atomic E-state index is 13.8. The number of nitrogens with zero attached hydrogens (tertiary/aromatic N) is 2. The molecule has 0 N–H and O–H groups in total. The molecule has 2 atom stereocenters. The van der Waals surface area contributed by atoms with E-state index >= 15 is 0 Å². The zero-order valence-electron chi connectivity index (χ0n) is 19.6. The number of hydrogen-bond donors (Lipinski definition) is 0. The van der Waals surface area contributed by atoms with Crippen LogP contribution in [-0.2, 0) is 18.3 Å². The minimum absolute atomic E-state index is 0.0119. The molecule has 6 rings (SSSR count). The minimum Gasteiger partial charge on any atom is -0.335 e. The van der Waals surface area contributed by atoms with Gasteiger partial charge in [-0.25, -0.2) is 0 Å². The number of piperidine rings is 1. The van der Waals surface area contributed by atoms with E-state index in [0.29, 0.717) is 0 Å². The summed E-state index contributed by atoms with van der Waals surface area (Å²) in [6, 6.07) is 23.8. The lowest BCUT2D eigenvalue weighted by Gasteiger charge is -2.61. The SMILES string of the molecule is CC1(C)[C@H]2Cc3cc(-c4ccccc4)ccc3[C@]1(C)CCN2C(=O)c1ccc2c(c1)CC=N2. The summed E-state index contributed by atoms with van der Waals surface area (Å²) in [4.78, 5) is 20.3. The fraction of sp³-hybridized carbons (Fsp3) is 0.333. The Morgan fingerprint density at radius 1 is 0.939 bits per heavy atom. The van der Waals surface area contributed by atoms with E-state index in [1.54, 1.807) is 0 Å². The summed E-state index contributed by atoms with van der Waals surface area (Å²) in [5, 5.41) is 0. The number of carbonyl (C=O) groups excluding carboxylic acids is 1. The Kier molecular flexibility index (Phi) is 4.42. The molecule has 2 aliphatic heterocycles. The van der Waals surface area contributed by atoms with E-state index in [9.17, 15) is 4.79 Å². The number of likely N-dealkylation sites (tertiary alicyclic amines) is 1. The molecule has 166 valence electrons. The predicted molar refractivity (Wildman–Crippen MR) is 134 cm³/mol. The molecule has 0 aromatic heterocycles. The average molecular weight is 435 g/mol. The molecule has 0 spiro atoms. The van der Waals surface area contributed by atoms with Gasteiger partial charge >= 0.3 is 0 Å². The summed E-state index contributed by atoms with van der Waals surface area (Å²) in [5.41, 5.74) is 8.34. The van der Waals surface area contributed by atoms with Crippen LogP contribution in [0.15, 0.2) is 71.7 Å². The van der Waals surface area contributed by atoms with Crippen LogP contribution in [0.3, 0.4) is 0 Å². The Labute approximate surface area is 196 Å². The van der Waals surface area contributed by atoms with Crippen molar-refractivity contribution in [1.82, 2.24) is 4.90 Å². The standard InChI is InChI=1S/C30H30N2O/c1-29(2)27-19-24-17-21(20-7-5-4-6-8-20)9-11-25(24)30(29,3)14-16-32(27)28(33)23-10-12-26-22(18-23)13-15-31-26/h4-12,15,17-18,27H,13-14,16,19H2,1-3H3/t27-,30+/m1/s1. The van der Waals surface area contributed by atoms with Crippen LogP contribution >= 0.6 is 0 Å². The molecule has 33 heavy (non-hydrogen) atoms. The van der Waals surface area contributed by atoms with Crippen LogP contribution in [0.4, 0.5) is 5.69 Å². The lowest BCUT2D eigenvalue weighted by molar-refractivity contribution is -0.0261. The first-order valence-corrected chi connectivity index (χ1v) is 12.0. The molecule has 3 aliphatic rings. The number of fused-ring (bicyclic) bond motifs is 5. The second-order valence-electron chi connectivity index (χ2n) is 10.6. The Morgan fingerprint density at radius 3 is 2.58 bits per heavy atom. The molecule has 3 aromatic rings. The molecule has 1 aliphatic carbocycles. The summed E-state index contributed by atoms with van der Waals surface area (Å²) in [6.07, 6.45) is 4.63. The number of aliphatic imine (C=N–C) groups is 1. The van der Waals surface area contributed by atoms with E-state index in [-0.39, 0.29) is 22.8 Å². The maximum Gasteiger partial charge on any atom is 0.254 e. The second kappa shape index (κ2) is 7.15. The Morgan fingerprint density at radius 2 is 1.76 bits per heavy atom. The van der Waals surface area contributed by atoms with Crippen molar-refractivity contribution in [3.05, 3.63) is 89.0 Å². The number of amides is 1. The number of hydrogen-bond acceptors (Lipinski definition) is 2. The van der Waals surface area contributed by atoms with Crippen molar-refractivity contribution in [2.45, 2.75) is 51.5 Å². The third-order valence-electron chi connectivity index (χ3n) is 8.83. The highest BCUT2D eigenvalue weighted by molar-refractivity contribution is 5.96. The first-order chi connectivity index (χ1) is 15.9. The molecule has 3 nitrogen and oxygen atoms in total. The maximum absolute atomic E-state index is 13.8. The molecule has 2 heterocycles. The quantitative estimate of drug-likeness (QED) is 0.461. The molecule has 1 amide bonds. The lowest BCUT2D eigenvalue weighted by Crippen LogP contribution is -2.64. The van der Waals surface area contributed by atoms with E-state index in [0.717, 1.165) is 42.6 Å². The van der Waals surface area contributed by atoms with Crippen LogP contribution in [0, 0.1) is 5.41 Å². The van der Waals surface area contributed by atoms with Gasteiger partial charge in [0.25, 0.3) is 5.91 Å². The van der Waals surface area contributed by atoms with Gasteiger partial charge in [0.1, 0.15) is 0 Å². The Balaban J connectivity index is 1.39. The van der Waals surface area contributed by atoms with Gasteiger partial charge in [0.05, 0.1) is 5.69 Å². The van der Waals surface area contributed by atoms with Crippen molar-refractivity contribution in [3.8, 4) is 11.1 Å². The van der Waals surface area contributed by atoms with E-state index in [1.165, 1.54) is 22.3 Å². The predicted octanol–water partition coefficient (Wildman–Crippen LogP) is 6.37. The van der Waals surface area contributed by atoms with Crippen molar-refractivity contribution in [2.75, 3.05) is 6.54 Å². The first kappa shape index (κ1) is 20.4. The molecule has 1 fully saturated rings. The van der Waals surface area contributed by atoms with Crippen LogP contribution in [0.25, 0.3) is 11.1 Å². The molecule has 3 heteroatoms. The van der Waals surface area contributed by atoms with Crippen molar-refractivity contribution >= 4 is 17.8 Å². The van der Waals surface area contributed by atoms with Crippen molar-refractivity contribution < 1.29 is 4.79 Å². The topological polar surface area (TPSA) is 32.7 Å². The number of benzene rings is 3. The van der Waals surface area contributed by atoms with Crippen molar-refractivity contribution in [1.29, 1.82) is 0 Å². The van der Waals surface area contributed by atoms with Crippen LogP contribution in [0.2, 0.25) is 0 Å². The van der Waals surface area contributed by atoms with E-state index in [4.69, 9.17) is 0 Å². The third kappa shape index (κ3) is 2.95. The molecular weight excluding hydrogens is 404 g/mol. The summed E-state index contributed by atoms with van der Waals surface area (Å²) in [5.74, 6) is 0.160. The smallest absolute Gasteiger partial charge is 0.254 e. The van der Waals surface area contributed by atoms with Crippen molar-refractivity contribution in [3.63, 3.8) is 0 Å². The Hall–Kier alpha value is -3.20. The molecule has 0 saturated carbocycles. The number of carbonyl (C=O) groups is 1. The molecule has 2 bridgehead atoms. The molecule has 0 unspecified atom stereocenters. The average Bonchev–Trinajstić information content (AvgIpc) is 3.29. The van der Waals surface area contributed by atoms with Crippen molar-refractivity contribution in [2.24, 2.45) is 10.4 Å². The van der Waals surface area contributed by atoms with E-state index < -0.39 is 0 Å². The summed E-state index contributed by atoms with van der Waals surface area (Å²) < 4.78 is 0. The van der Waals surface area contributed by atoms with Gasteiger partial charge < -0.3 is 4.90 Å². The van der Waals surface area contributed by atoms with Crippen LogP contribution in [-0.4, -0.2) is 29.6 Å². The van der Waals surface area contributed by atoms with Gasteiger partial charge in [-0.3, -0.25) is 9.79 Å².